The van der Waals surface area contributed by atoms with E-state index in [2.05, 4.69) is 12.2 Å². The van der Waals surface area contributed by atoms with Crippen LogP contribution in [0.15, 0.2) is 52.1 Å². The number of nitrogens with one attached hydrogen (secondary N) is 1. The topological polar surface area (TPSA) is 82.3 Å². The lowest BCUT2D eigenvalue weighted by Crippen LogP contribution is -2.41. The second-order valence-electron chi connectivity index (χ2n) is 6.95. The van der Waals surface area contributed by atoms with Crippen LogP contribution >= 0.6 is 11.6 Å². The number of aromatic nitrogens is 2. The minimum atomic E-state index is -0.488. The molecule has 3 aromatic rings. The first-order chi connectivity index (χ1) is 14.5. The van der Waals surface area contributed by atoms with E-state index < -0.39 is 11.6 Å². The van der Waals surface area contributed by atoms with E-state index in [1.165, 1.54) is 16.2 Å². The third-order valence-corrected chi connectivity index (χ3v) is 5.15. The van der Waals surface area contributed by atoms with Gasteiger partial charge in [0, 0.05) is 12.2 Å². The average Bonchev–Trinajstić information content (AvgIpc) is 2.74. The number of hydrogen-bond donors (Lipinski definition) is 1. The first-order valence-corrected chi connectivity index (χ1v) is 10.2. The normalized spacial score (nSPS) is 10.9. The molecular weight excluding hydrogens is 406 g/mol. The number of amides is 1. The standard InChI is InChI=1S/C22H24ClN3O4/c1-3-4-7-12-25-21(28)16-8-5-6-9-18(16)26(22(25)29)14-20(27)24-15-10-11-19(30-2)17(23)13-15/h5-6,8-11,13H,3-4,7,12,14H2,1-2H3,(H,24,27). The van der Waals surface area contributed by atoms with E-state index in [0.29, 0.717) is 33.9 Å². The maximum atomic E-state index is 13.0. The summed E-state index contributed by atoms with van der Waals surface area (Å²) in [7, 11) is 1.51. The summed E-state index contributed by atoms with van der Waals surface area (Å²) in [4.78, 5) is 38.5. The number of ether oxygens (including phenoxy) is 1. The molecule has 0 aliphatic heterocycles. The highest BCUT2D eigenvalue weighted by atomic mass is 35.5. The van der Waals surface area contributed by atoms with Crippen LogP contribution in [-0.4, -0.2) is 22.2 Å². The van der Waals surface area contributed by atoms with Gasteiger partial charge in [0.1, 0.15) is 12.3 Å². The van der Waals surface area contributed by atoms with Gasteiger partial charge in [0.2, 0.25) is 5.91 Å². The Morgan fingerprint density at radius 1 is 1.10 bits per heavy atom. The molecule has 0 unspecified atom stereocenters. The van der Waals surface area contributed by atoms with Crippen molar-refractivity contribution < 1.29 is 9.53 Å². The molecule has 0 bridgehead atoms. The fourth-order valence-electron chi connectivity index (χ4n) is 3.33. The number of fused-ring (bicyclic) bond motifs is 1. The third-order valence-electron chi connectivity index (χ3n) is 4.85. The van der Waals surface area contributed by atoms with Crippen molar-refractivity contribution in [3.63, 3.8) is 0 Å². The molecule has 1 amide bonds. The lowest BCUT2D eigenvalue weighted by Gasteiger charge is -2.14. The fraction of sp³-hybridized carbons (Fsp3) is 0.318. The highest BCUT2D eigenvalue weighted by Crippen LogP contribution is 2.27. The average molecular weight is 430 g/mol. The molecule has 0 atom stereocenters. The summed E-state index contributed by atoms with van der Waals surface area (Å²) in [5.41, 5.74) is 0.101. The number of hydrogen-bond acceptors (Lipinski definition) is 4. The van der Waals surface area contributed by atoms with E-state index in [-0.39, 0.29) is 12.1 Å². The molecule has 1 aromatic heterocycles. The van der Waals surface area contributed by atoms with Crippen LogP contribution in [-0.2, 0) is 17.9 Å². The second kappa shape index (κ2) is 9.63. The Hall–Kier alpha value is -3.06. The number of nitrogens with zero attached hydrogens (tertiary/aromatic N) is 2. The Labute approximate surface area is 178 Å². The molecule has 2 aromatic carbocycles. The number of methoxy groups -OCH3 is 1. The van der Waals surface area contributed by atoms with Crippen molar-refractivity contribution in [3.8, 4) is 5.75 Å². The third kappa shape index (κ3) is 4.57. The summed E-state index contributed by atoms with van der Waals surface area (Å²) < 4.78 is 7.66. The minimum Gasteiger partial charge on any atom is -0.495 e. The van der Waals surface area contributed by atoms with Crippen molar-refractivity contribution in [2.75, 3.05) is 12.4 Å². The number of benzene rings is 2. The lowest BCUT2D eigenvalue weighted by atomic mass is 10.2. The molecule has 8 heteroatoms. The van der Waals surface area contributed by atoms with Gasteiger partial charge in [-0.2, -0.15) is 0 Å². The monoisotopic (exact) mass is 429 g/mol. The smallest absolute Gasteiger partial charge is 0.331 e. The molecule has 0 aliphatic carbocycles. The zero-order chi connectivity index (χ0) is 21.7. The summed E-state index contributed by atoms with van der Waals surface area (Å²) in [5.74, 6) is 0.0956. The number of para-hydroxylation sites is 1. The molecule has 30 heavy (non-hydrogen) atoms. The van der Waals surface area contributed by atoms with Gasteiger partial charge in [-0.3, -0.25) is 18.7 Å². The summed E-state index contributed by atoms with van der Waals surface area (Å²) in [5, 5.41) is 3.51. The molecule has 0 spiro atoms. The van der Waals surface area contributed by atoms with Gasteiger partial charge in [-0.05, 0) is 36.8 Å². The Bertz CT molecular complexity index is 1180. The van der Waals surface area contributed by atoms with E-state index in [0.717, 1.165) is 19.3 Å². The molecule has 158 valence electrons. The zero-order valence-corrected chi connectivity index (χ0v) is 17.7. The zero-order valence-electron chi connectivity index (χ0n) is 17.0. The number of unbranched alkanes of at least 4 members (excludes halogenated alkanes) is 2. The summed E-state index contributed by atoms with van der Waals surface area (Å²) in [6.07, 6.45) is 2.61. The van der Waals surface area contributed by atoms with Gasteiger partial charge >= 0.3 is 5.69 Å². The number of carbonyl (C=O) groups excluding carboxylic acids is 1. The van der Waals surface area contributed by atoms with Crippen molar-refractivity contribution in [1.29, 1.82) is 0 Å². The first kappa shape index (κ1) is 21.6. The van der Waals surface area contributed by atoms with E-state index in [1.807, 2.05) is 0 Å². The Balaban J connectivity index is 1.94. The highest BCUT2D eigenvalue weighted by molar-refractivity contribution is 6.32. The Kier molecular flexibility index (Phi) is 6.95. The van der Waals surface area contributed by atoms with E-state index >= 15 is 0 Å². The van der Waals surface area contributed by atoms with Crippen LogP contribution in [0, 0.1) is 0 Å². The maximum Gasteiger partial charge on any atom is 0.331 e. The molecule has 7 nitrogen and oxygen atoms in total. The van der Waals surface area contributed by atoms with Crippen LogP contribution in [0.25, 0.3) is 10.9 Å². The van der Waals surface area contributed by atoms with Gasteiger partial charge in [-0.15, -0.1) is 0 Å². The van der Waals surface area contributed by atoms with Gasteiger partial charge in [-0.25, -0.2) is 4.79 Å². The first-order valence-electron chi connectivity index (χ1n) is 9.82. The summed E-state index contributed by atoms with van der Waals surface area (Å²) in [6, 6.07) is 11.7. The molecule has 0 saturated carbocycles. The highest BCUT2D eigenvalue weighted by Gasteiger charge is 2.15. The molecule has 0 radical (unpaired) electrons. The van der Waals surface area contributed by atoms with E-state index in [1.54, 1.807) is 42.5 Å². The summed E-state index contributed by atoms with van der Waals surface area (Å²) >= 11 is 6.11. The molecule has 1 N–H and O–H groups in total. The molecule has 0 saturated heterocycles. The van der Waals surface area contributed by atoms with Crippen LogP contribution in [0.3, 0.4) is 0 Å². The van der Waals surface area contributed by atoms with Gasteiger partial charge in [0.05, 0.1) is 23.0 Å². The van der Waals surface area contributed by atoms with Gasteiger partial charge in [0.15, 0.2) is 0 Å². The minimum absolute atomic E-state index is 0.225. The van der Waals surface area contributed by atoms with Crippen molar-refractivity contribution in [3.05, 3.63) is 68.3 Å². The van der Waals surface area contributed by atoms with Gasteiger partial charge in [-0.1, -0.05) is 43.5 Å². The van der Waals surface area contributed by atoms with Crippen molar-refractivity contribution in [2.24, 2.45) is 0 Å². The van der Waals surface area contributed by atoms with Crippen molar-refractivity contribution in [2.45, 2.75) is 39.3 Å². The Morgan fingerprint density at radius 3 is 2.57 bits per heavy atom. The lowest BCUT2D eigenvalue weighted by molar-refractivity contribution is -0.116. The quantitative estimate of drug-likeness (QED) is 0.554. The largest absolute Gasteiger partial charge is 0.495 e. The van der Waals surface area contributed by atoms with Crippen LogP contribution in [0.5, 0.6) is 5.75 Å². The van der Waals surface area contributed by atoms with Gasteiger partial charge in [0.25, 0.3) is 5.56 Å². The summed E-state index contributed by atoms with van der Waals surface area (Å²) in [6.45, 7) is 2.15. The Morgan fingerprint density at radius 2 is 1.87 bits per heavy atom. The molecule has 1 heterocycles. The number of rotatable bonds is 8. The molecule has 0 fully saturated rings. The van der Waals surface area contributed by atoms with Crippen molar-refractivity contribution >= 4 is 34.1 Å². The SMILES string of the molecule is CCCCCn1c(=O)c2ccccc2n(CC(=O)Nc2ccc(OC)c(Cl)c2)c1=O. The second-order valence-corrected chi connectivity index (χ2v) is 7.35. The predicted molar refractivity (Wildman–Crippen MR) is 119 cm³/mol. The molecule has 3 rings (SSSR count). The van der Waals surface area contributed by atoms with E-state index in [4.69, 9.17) is 16.3 Å². The molecule has 0 aliphatic rings. The number of carbonyl (C=O) groups is 1. The van der Waals surface area contributed by atoms with Crippen molar-refractivity contribution in [1.82, 2.24) is 9.13 Å². The van der Waals surface area contributed by atoms with E-state index in [9.17, 15) is 14.4 Å². The van der Waals surface area contributed by atoms with Crippen LogP contribution < -0.4 is 21.3 Å². The molecular formula is C22H24ClN3O4. The number of anilines is 1. The maximum absolute atomic E-state index is 13.0. The van der Waals surface area contributed by atoms with Crippen LogP contribution in [0.2, 0.25) is 5.02 Å². The number of halogens is 1. The van der Waals surface area contributed by atoms with Crippen LogP contribution in [0.4, 0.5) is 5.69 Å². The fourth-order valence-corrected chi connectivity index (χ4v) is 3.59. The predicted octanol–water partition coefficient (Wildman–Crippen LogP) is 3.65. The van der Waals surface area contributed by atoms with Gasteiger partial charge < -0.3 is 10.1 Å². The van der Waals surface area contributed by atoms with Crippen LogP contribution in [0.1, 0.15) is 26.2 Å².